The Morgan fingerprint density at radius 3 is 2.58 bits per heavy atom. The van der Waals surface area contributed by atoms with E-state index >= 15 is 0 Å². The Labute approximate surface area is 117 Å². The first-order valence-corrected chi connectivity index (χ1v) is 7.34. The molecule has 110 valence electrons. The molecule has 0 saturated carbocycles. The van der Waals surface area contributed by atoms with Gasteiger partial charge in [-0.15, -0.1) is 0 Å². The van der Waals surface area contributed by atoms with Gasteiger partial charge >= 0.3 is 0 Å². The molecule has 0 bridgehead atoms. The molecule has 0 saturated heterocycles. The number of aromatic nitrogens is 2. The molecule has 0 amide bonds. The fraction of sp³-hybridized carbons (Fsp3) is 0.800. The van der Waals surface area contributed by atoms with Crippen molar-refractivity contribution in [2.75, 3.05) is 25.1 Å². The minimum absolute atomic E-state index is 0.618. The van der Waals surface area contributed by atoms with Crippen molar-refractivity contribution >= 4 is 5.95 Å². The Morgan fingerprint density at radius 2 is 1.95 bits per heavy atom. The molecule has 1 N–H and O–H groups in total. The molecule has 0 fully saturated rings. The average molecular weight is 267 g/mol. The Balaban J connectivity index is 2.35. The van der Waals surface area contributed by atoms with Crippen LogP contribution < -0.4 is 5.32 Å². The van der Waals surface area contributed by atoms with Crippen LogP contribution in [0.25, 0.3) is 0 Å². The molecule has 1 heterocycles. The van der Waals surface area contributed by atoms with Crippen molar-refractivity contribution in [3.8, 4) is 0 Å². The van der Waals surface area contributed by atoms with E-state index in [4.69, 9.17) is 4.74 Å². The molecule has 0 spiro atoms. The van der Waals surface area contributed by atoms with Crippen LogP contribution in [0.2, 0.25) is 0 Å². The third-order valence-corrected chi connectivity index (χ3v) is 2.88. The molecule has 1 aromatic rings. The Hall–Kier alpha value is -1.03. The number of ether oxygens (including phenoxy) is 1. The highest BCUT2D eigenvalue weighted by atomic mass is 16.5. The van der Waals surface area contributed by atoms with Gasteiger partial charge in [0.05, 0.1) is 12.3 Å². The lowest BCUT2D eigenvalue weighted by Crippen LogP contribution is -2.14. The van der Waals surface area contributed by atoms with E-state index in [0.29, 0.717) is 11.8 Å². The van der Waals surface area contributed by atoms with Crippen LogP contribution in [0.1, 0.15) is 39.8 Å². The highest BCUT2D eigenvalue weighted by molar-refractivity contribution is 5.28. The first-order chi connectivity index (χ1) is 8.99. The highest BCUT2D eigenvalue weighted by Gasteiger charge is 2.05. The van der Waals surface area contributed by atoms with Crippen molar-refractivity contribution in [2.24, 2.45) is 11.8 Å². The Morgan fingerprint density at radius 1 is 1.21 bits per heavy atom. The van der Waals surface area contributed by atoms with E-state index in [-0.39, 0.29) is 0 Å². The smallest absolute Gasteiger partial charge is 0.203 e. The third-order valence-electron chi connectivity index (χ3n) is 2.88. The van der Waals surface area contributed by atoms with Crippen molar-refractivity contribution in [2.45, 2.75) is 47.6 Å². The van der Waals surface area contributed by atoms with E-state index in [9.17, 15) is 0 Å². The van der Waals surface area contributed by atoms with Gasteiger partial charge in [0.2, 0.25) is 5.95 Å². The molecule has 0 aliphatic carbocycles. The van der Waals surface area contributed by atoms with E-state index in [2.05, 4.69) is 48.8 Å². The largest absolute Gasteiger partial charge is 0.380 e. The van der Waals surface area contributed by atoms with Crippen molar-refractivity contribution in [1.29, 1.82) is 0 Å². The van der Waals surface area contributed by atoms with E-state index < -0.39 is 0 Å². The van der Waals surface area contributed by atoms with Crippen molar-refractivity contribution in [3.63, 3.8) is 0 Å². The van der Waals surface area contributed by atoms with Gasteiger partial charge in [0, 0.05) is 25.9 Å². The second kappa shape index (κ2) is 8.20. The molecule has 0 aromatic carbocycles. The summed E-state index contributed by atoms with van der Waals surface area (Å²) in [6.07, 6.45) is 3.20. The number of nitrogens with zero attached hydrogens (tertiary/aromatic N) is 2. The van der Waals surface area contributed by atoms with Crippen molar-refractivity contribution < 1.29 is 4.74 Å². The first-order valence-electron chi connectivity index (χ1n) is 7.34. The highest BCUT2D eigenvalue weighted by Crippen LogP contribution is 2.09. The van der Waals surface area contributed by atoms with Crippen LogP contribution in [0.5, 0.6) is 0 Å². The van der Waals surface area contributed by atoms with Gasteiger partial charge in [-0.2, -0.15) is 0 Å². The minimum atomic E-state index is 0.618. The van der Waals surface area contributed by atoms with Crippen LogP contribution in [-0.4, -0.2) is 29.3 Å². The summed E-state index contributed by atoms with van der Waals surface area (Å²) in [5, 5.41) is 3.39. The molecular formula is C15H29N3O. The lowest BCUT2D eigenvalue weighted by molar-refractivity contribution is 0.116. The predicted molar refractivity (Wildman–Crippen MR) is 80.6 cm³/mol. The maximum atomic E-state index is 5.66. The summed E-state index contributed by atoms with van der Waals surface area (Å²) in [4.78, 5) is 4.51. The van der Waals surface area contributed by atoms with Crippen LogP contribution in [0, 0.1) is 18.8 Å². The summed E-state index contributed by atoms with van der Waals surface area (Å²) in [6, 6.07) is 0. The van der Waals surface area contributed by atoms with Crippen molar-refractivity contribution in [1.82, 2.24) is 9.55 Å². The van der Waals surface area contributed by atoms with Gasteiger partial charge in [0.15, 0.2) is 0 Å². The number of nitrogens with one attached hydrogen (secondary N) is 1. The number of hydrogen-bond donors (Lipinski definition) is 1. The lowest BCUT2D eigenvalue weighted by atomic mass is 10.1. The maximum absolute atomic E-state index is 5.66. The zero-order valence-electron chi connectivity index (χ0n) is 13.1. The van der Waals surface area contributed by atoms with Gasteiger partial charge in [0.25, 0.3) is 0 Å². The van der Waals surface area contributed by atoms with Crippen LogP contribution in [0.3, 0.4) is 0 Å². The molecule has 1 aromatic heterocycles. The number of anilines is 1. The lowest BCUT2D eigenvalue weighted by Gasteiger charge is -2.12. The summed E-state index contributed by atoms with van der Waals surface area (Å²) >= 11 is 0. The summed E-state index contributed by atoms with van der Waals surface area (Å²) < 4.78 is 7.81. The van der Waals surface area contributed by atoms with Gasteiger partial charge < -0.3 is 14.6 Å². The quantitative estimate of drug-likeness (QED) is 0.698. The van der Waals surface area contributed by atoms with Crippen LogP contribution in [0.4, 0.5) is 5.95 Å². The molecule has 19 heavy (non-hydrogen) atoms. The minimum Gasteiger partial charge on any atom is -0.380 e. The van der Waals surface area contributed by atoms with Gasteiger partial charge in [0.1, 0.15) is 0 Å². The fourth-order valence-corrected chi connectivity index (χ4v) is 1.74. The Bertz CT molecular complexity index is 358. The van der Waals surface area contributed by atoms with Gasteiger partial charge in [-0.05, 0) is 25.2 Å². The van der Waals surface area contributed by atoms with Crippen LogP contribution >= 0.6 is 0 Å². The monoisotopic (exact) mass is 267 g/mol. The van der Waals surface area contributed by atoms with E-state index in [1.165, 1.54) is 0 Å². The van der Waals surface area contributed by atoms with E-state index in [0.717, 1.165) is 44.4 Å². The second-order valence-corrected chi connectivity index (χ2v) is 5.97. The zero-order valence-corrected chi connectivity index (χ0v) is 13.1. The molecule has 0 unspecified atom stereocenters. The number of aryl methyl sites for hydroxylation is 1. The average Bonchev–Trinajstić information content (AvgIpc) is 2.66. The van der Waals surface area contributed by atoms with Crippen molar-refractivity contribution in [3.05, 3.63) is 11.9 Å². The normalized spacial score (nSPS) is 11.5. The maximum Gasteiger partial charge on any atom is 0.203 e. The Kier molecular flexibility index (Phi) is 6.92. The SMILES string of the molecule is Cc1cn(CCOCCC(C)C)c(NCC(C)C)n1. The first kappa shape index (κ1) is 16.0. The number of imidazole rings is 1. The summed E-state index contributed by atoms with van der Waals surface area (Å²) in [7, 11) is 0. The molecule has 0 radical (unpaired) electrons. The number of hydrogen-bond acceptors (Lipinski definition) is 3. The van der Waals surface area contributed by atoms with Gasteiger partial charge in [-0.1, -0.05) is 27.7 Å². The summed E-state index contributed by atoms with van der Waals surface area (Å²) in [6.45, 7) is 14.3. The molecule has 0 aliphatic heterocycles. The van der Waals surface area contributed by atoms with Crippen LogP contribution in [-0.2, 0) is 11.3 Å². The van der Waals surface area contributed by atoms with Gasteiger partial charge in [-0.25, -0.2) is 4.98 Å². The third kappa shape index (κ3) is 6.62. The molecule has 0 aliphatic rings. The predicted octanol–water partition coefficient (Wildman–Crippen LogP) is 3.32. The molecular weight excluding hydrogens is 238 g/mol. The molecule has 1 rings (SSSR count). The molecule has 4 nitrogen and oxygen atoms in total. The zero-order chi connectivity index (χ0) is 14.3. The van der Waals surface area contributed by atoms with E-state index in [1.54, 1.807) is 0 Å². The molecule has 0 atom stereocenters. The number of rotatable bonds is 9. The standard InChI is InChI=1S/C15H29N3O/c1-12(2)6-8-19-9-7-18-11-14(5)17-15(18)16-10-13(3)4/h11-13H,6-10H2,1-5H3,(H,16,17). The van der Waals surface area contributed by atoms with E-state index in [1.807, 2.05) is 6.92 Å². The summed E-state index contributed by atoms with van der Waals surface area (Å²) in [5.74, 6) is 2.28. The molecule has 4 heteroatoms. The summed E-state index contributed by atoms with van der Waals surface area (Å²) in [5.41, 5.74) is 1.05. The fourth-order valence-electron chi connectivity index (χ4n) is 1.74. The van der Waals surface area contributed by atoms with Gasteiger partial charge in [-0.3, -0.25) is 0 Å². The van der Waals surface area contributed by atoms with Crippen LogP contribution in [0.15, 0.2) is 6.20 Å². The second-order valence-electron chi connectivity index (χ2n) is 5.97. The topological polar surface area (TPSA) is 39.1 Å².